The van der Waals surface area contributed by atoms with Crippen LogP contribution >= 0.6 is 22.6 Å². The normalized spacial score (nSPS) is 12.6. The number of halogens is 1. The van der Waals surface area contributed by atoms with Crippen molar-refractivity contribution in [3.05, 3.63) is 63.2 Å². The average molecular weight is 526 g/mol. The molecule has 0 aliphatic carbocycles. The van der Waals surface area contributed by atoms with Crippen molar-refractivity contribution in [3.63, 3.8) is 0 Å². The van der Waals surface area contributed by atoms with Gasteiger partial charge in [-0.2, -0.15) is 0 Å². The molecule has 2 atom stereocenters. The fourth-order valence-corrected chi connectivity index (χ4v) is 3.64. The highest BCUT2D eigenvalue weighted by Gasteiger charge is 2.24. The maximum atomic E-state index is 12.5. The van der Waals surface area contributed by atoms with Gasteiger partial charge < -0.3 is 15.5 Å². The van der Waals surface area contributed by atoms with Crippen LogP contribution in [-0.4, -0.2) is 39.2 Å². The molecule has 0 aliphatic heterocycles. The van der Waals surface area contributed by atoms with Crippen LogP contribution in [0.15, 0.2) is 48.5 Å². The van der Waals surface area contributed by atoms with Gasteiger partial charge in [0.25, 0.3) is 0 Å². The molecule has 0 aliphatic rings. The smallest absolute Gasteiger partial charge is 0.307 e. The molecular weight excluding hydrogens is 503 g/mol. The summed E-state index contributed by atoms with van der Waals surface area (Å²) in [4.78, 5) is 35.8. The number of aliphatic carboxylic acids is 1. The van der Waals surface area contributed by atoms with Crippen LogP contribution in [0, 0.1) is 9.49 Å². The first-order chi connectivity index (χ1) is 14.3. The molecule has 0 spiro atoms. The molecule has 5 N–H and O–H groups in total. The van der Waals surface area contributed by atoms with E-state index in [4.69, 9.17) is 5.21 Å². The number of benzene rings is 2. The van der Waals surface area contributed by atoms with E-state index in [-0.39, 0.29) is 25.0 Å². The third-order valence-corrected chi connectivity index (χ3v) is 5.39. The summed E-state index contributed by atoms with van der Waals surface area (Å²) >= 11 is 1.95. The predicted molar refractivity (Wildman–Crippen MR) is 117 cm³/mol. The molecule has 0 saturated heterocycles. The summed E-state index contributed by atoms with van der Waals surface area (Å²) in [5.74, 6) is -3.11. The molecular formula is C21H23IN2O6. The van der Waals surface area contributed by atoms with Crippen LogP contribution in [0.3, 0.4) is 0 Å². The monoisotopic (exact) mass is 526 g/mol. The number of phenolic OH excluding ortho intramolecular Hbond substituents is 1. The number of phenols is 1. The van der Waals surface area contributed by atoms with Gasteiger partial charge >= 0.3 is 5.97 Å². The fraction of sp³-hybridized carbons (Fsp3) is 0.286. The highest BCUT2D eigenvalue weighted by Crippen LogP contribution is 2.23. The standard InChI is InChI=1S/C21H23IN2O6/c22-17-10-14(6-7-18(17)25)8-15(21(28)29)11-19(26)23-16(12-20(27)24-30)9-13-4-2-1-3-5-13/h1-7,10,15-16,25,30H,8-9,11-12H2,(H,23,26)(H,24,27)(H,28,29). The molecule has 9 heteroatoms. The number of aromatic hydroxyl groups is 1. The number of carbonyl (C=O) groups excluding carboxylic acids is 2. The summed E-state index contributed by atoms with van der Waals surface area (Å²) in [7, 11) is 0. The Balaban J connectivity index is 2.05. The summed E-state index contributed by atoms with van der Waals surface area (Å²) in [6.45, 7) is 0. The molecule has 0 radical (unpaired) electrons. The molecule has 30 heavy (non-hydrogen) atoms. The lowest BCUT2D eigenvalue weighted by Gasteiger charge is -2.20. The number of carboxylic acid groups (broad SMARTS) is 1. The lowest BCUT2D eigenvalue weighted by molar-refractivity contribution is -0.144. The Morgan fingerprint density at radius 2 is 1.63 bits per heavy atom. The van der Waals surface area contributed by atoms with Crippen LogP contribution in [0.25, 0.3) is 0 Å². The van der Waals surface area contributed by atoms with E-state index in [1.54, 1.807) is 17.6 Å². The third-order valence-electron chi connectivity index (χ3n) is 4.52. The summed E-state index contributed by atoms with van der Waals surface area (Å²) in [6.07, 6.45) is 0.0667. The highest BCUT2D eigenvalue weighted by molar-refractivity contribution is 14.1. The first kappa shape index (κ1) is 23.6. The second-order valence-electron chi connectivity index (χ2n) is 6.92. The molecule has 0 saturated carbocycles. The summed E-state index contributed by atoms with van der Waals surface area (Å²) < 4.78 is 0.594. The Labute approximate surface area is 187 Å². The topological polar surface area (TPSA) is 136 Å². The van der Waals surface area contributed by atoms with Crippen LogP contribution < -0.4 is 10.8 Å². The van der Waals surface area contributed by atoms with Crippen molar-refractivity contribution >= 4 is 40.4 Å². The zero-order valence-electron chi connectivity index (χ0n) is 16.0. The molecule has 8 nitrogen and oxygen atoms in total. The largest absolute Gasteiger partial charge is 0.507 e. The molecule has 0 aromatic heterocycles. The number of hydrogen-bond donors (Lipinski definition) is 5. The lowest BCUT2D eigenvalue weighted by Crippen LogP contribution is -2.41. The SMILES string of the molecule is O=C(CC(Cc1ccccc1)NC(=O)CC(Cc1ccc(O)c(I)c1)C(=O)O)NO. The molecule has 0 bridgehead atoms. The number of amides is 2. The molecule has 2 aromatic carbocycles. The second-order valence-corrected chi connectivity index (χ2v) is 8.08. The molecule has 0 heterocycles. The van der Waals surface area contributed by atoms with Gasteiger partial charge in [-0.3, -0.25) is 19.6 Å². The number of carbonyl (C=O) groups is 3. The quantitative estimate of drug-likeness (QED) is 0.183. The molecule has 2 amide bonds. The van der Waals surface area contributed by atoms with Gasteiger partial charge in [0.2, 0.25) is 11.8 Å². The van der Waals surface area contributed by atoms with E-state index in [1.807, 2.05) is 52.9 Å². The fourth-order valence-electron chi connectivity index (χ4n) is 3.06. The summed E-state index contributed by atoms with van der Waals surface area (Å²) in [5, 5.41) is 30.6. The predicted octanol–water partition coefficient (Wildman–Crippen LogP) is 2.25. The first-order valence-corrected chi connectivity index (χ1v) is 10.3. The van der Waals surface area contributed by atoms with E-state index in [9.17, 15) is 24.6 Å². The summed E-state index contributed by atoms with van der Waals surface area (Å²) in [5.41, 5.74) is 3.13. The van der Waals surface area contributed by atoms with Crippen LogP contribution in [0.4, 0.5) is 0 Å². The first-order valence-electron chi connectivity index (χ1n) is 9.25. The maximum absolute atomic E-state index is 12.5. The van der Waals surface area contributed by atoms with Crippen LogP contribution in [0.2, 0.25) is 0 Å². The zero-order chi connectivity index (χ0) is 22.1. The third kappa shape index (κ3) is 7.64. The highest BCUT2D eigenvalue weighted by atomic mass is 127. The van der Waals surface area contributed by atoms with Gasteiger partial charge in [-0.05, 0) is 58.7 Å². The van der Waals surface area contributed by atoms with E-state index >= 15 is 0 Å². The number of rotatable bonds is 10. The van der Waals surface area contributed by atoms with Gasteiger partial charge in [0, 0.05) is 18.9 Å². The van der Waals surface area contributed by atoms with Gasteiger partial charge in [-0.25, -0.2) is 5.48 Å². The van der Waals surface area contributed by atoms with Gasteiger partial charge in [0.1, 0.15) is 5.75 Å². The van der Waals surface area contributed by atoms with Crippen molar-refractivity contribution in [2.45, 2.75) is 31.7 Å². The van der Waals surface area contributed by atoms with Crippen LogP contribution in [-0.2, 0) is 27.2 Å². The van der Waals surface area contributed by atoms with Gasteiger partial charge in [0.05, 0.1) is 9.49 Å². The Hall–Kier alpha value is -2.66. The van der Waals surface area contributed by atoms with Crippen molar-refractivity contribution in [3.8, 4) is 5.75 Å². The summed E-state index contributed by atoms with van der Waals surface area (Å²) in [6, 6.07) is 13.4. The van der Waals surface area contributed by atoms with E-state index in [1.165, 1.54) is 6.07 Å². The number of hydroxylamine groups is 1. The Morgan fingerprint density at radius 3 is 2.23 bits per heavy atom. The van der Waals surface area contributed by atoms with E-state index in [0.29, 0.717) is 15.6 Å². The van der Waals surface area contributed by atoms with Crippen LogP contribution in [0.1, 0.15) is 24.0 Å². The van der Waals surface area contributed by atoms with E-state index in [2.05, 4.69) is 5.32 Å². The number of nitrogens with one attached hydrogen (secondary N) is 2. The van der Waals surface area contributed by atoms with Crippen molar-refractivity contribution in [2.24, 2.45) is 5.92 Å². The molecule has 2 unspecified atom stereocenters. The molecule has 2 rings (SSSR count). The minimum Gasteiger partial charge on any atom is -0.507 e. The Bertz CT molecular complexity index is 890. The zero-order valence-corrected chi connectivity index (χ0v) is 18.2. The minimum absolute atomic E-state index is 0.106. The second kappa shape index (κ2) is 11.5. The van der Waals surface area contributed by atoms with Gasteiger partial charge in [-0.1, -0.05) is 36.4 Å². The van der Waals surface area contributed by atoms with E-state index in [0.717, 1.165) is 5.56 Å². The van der Waals surface area contributed by atoms with E-state index < -0.39 is 29.7 Å². The molecule has 0 fully saturated rings. The van der Waals surface area contributed by atoms with Gasteiger partial charge in [-0.15, -0.1) is 0 Å². The minimum atomic E-state index is -1.11. The lowest BCUT2D eigenvalue weighted by atomic mass is 9.95. The van der Waals surface area contributed by atoms with Gasteiger partial charge in [0.15, 0.2) is 0 Å². The average Bonchev–Trinajstić information content (AvgIpc) is 2.70. The Kier molecular flexibility index (Phi) is 9.06. The number of hydrogen-bond acceptors (Lipinski definition) is 5. The van der Waals surface area contributed by atoms with Crippen molar-refractivity contribution in [1.82, 2.24) is 10.8 Å². The number of carboxylic acids is 1. The van der Waals surface area contributed by atoms with Crippen molar-refractivity contribution in [2.75, 3.05) is 0 Å². The molecule has 160 valence electrons. The van der Waals surface area contributed by atoms with Crippen molar-refractivity contribution in [1.29, 1.82) is 0 Å². The van der Waals surface area contributed by atoms with Crippen molar-refractivity contribution < 1.29 is 29.8 Å². The Morgan fingerprint density at radius 1 is 0.933 bits per heavy atom. The molecule has 2 aromatic rings. The van der Waals surface area contributed by atoms with Crippen LogP contribution in [0.5, 0.6) is 5.75 Å². The maximum Gasteiger partial charge on any atom is 0.307 e.